The second kappa shape index (κ2) is 5.45. The third-order valence-corrected chi connectivity index (χ3v) is 6.51. The molecule has 2 rings (SSSR count). The van der Waals surface area contributed by atoms with Crippen LogP contribution in [0.1, 0.15) is 39.5 Å². The molecule has 3 atom stereocenters. The van der Waals surface area contributed by atoms with Crippen molar-refractivity contribution < 1.29 is 8.42 Å². The maximum absolute atomic E-state index is 12.7. The van der Waals surface area contributed by atoms with Gasteiger partial charge in [0.1, 0.15) is 0 Å². The van der Waals surface area contributed by atoms with Gasteiger partial charge in [-0.15, -0.1) is 0 Å². The molecule has 0 saturated carbocycles. The predicted octanol–water partition coefficient (Wildman–Crippen LogP) is 0.775. The van der Waals surface area contributed by atoms with Crippen LogP contribution in [0.3, 0.4) is 0 Å². The fraction of sp³-hybridized carbons (Fsp3) is 1.00. The first-order valence-electron chi connectivity index (χ1n) is 6.95. The average molecular weight is 275 g/mol. The molecule has 6 heteroatoms. The number of hydrogen-bond donors (Lipinski definition) is 1. The molecule has 2 saturated heterocycles. The molecule has 2 aliphatic rings. The van der Waals surface area contributed by atoms with E-state index in [2.05, 4.69) is 0 Å². The van der Waals surface area contributed by atoms with Gasteiger partial charge in [0, 0.05) is 25.2 Å². The SMILES string of the molecule is CC1CCCCN1S(=O)(=O)N1CC(CN)CC1C. The lowest BCUT2D eigenvalue weighted by atomic mass is 10.1. The van der Waals surface area contributed by atoms with E-state index in [-0.39, 0.29) is 12.1 Å². The van der Waals surface area contributed by atoms with Gasteiger partial charge >= 0.3 is 0 Å². The van der Waals surface area contributed by atoms with Crippen LogP contribution in [0, 0.1) is 5.92 Å². The Morgan fingerprint density at radius 3 is 2.44 bits per heavy atom. The van der Waals surface area contributed by atoms with Gasteiger partial charge in [0.2, 0.25) is 0 Å². The Labute approximate surface area is 110 Å². The van der Waals surface area contributed by atoms with E-state index in [0.717, 1.165) is 25.7 Å². The third kappa shape index (κ3) is 2.57. The van der Waals surface area contributed by atoms with E-state index in [4.69, 9.17) is 5.73 Å². The minimum atomic E-state index is -3.29. The number of nitrogens with two attached hydrogens (primary N) is 1. The Morgan fingerprint density at radius 1 is 1.17 bits per heavy atom. The second-order valence-electron chi connectivity index (χ2n) is 5.72. The summed E-state index contributed by atoms with van der Waals surface area (Å²) in [6, 6.07) is 0.213. The molecule has 2 aliphatic heterocycles. The van der Waals surface area contributed by atoms with Crippen LogP contribution < -0.4 is 5.73 Å². The van der Waals surface area contributed by atoms with Gasteiger partial charge in [0.05, 0.1) is 0 Å². The molecule has 0 aromatic carbocycles. The maximum Gasteiger partial charge on any atom is 0.282 e. The van der Waals surface area contributed by atoms with E-state index in [9.17, 15) is 8.42 Å². The maximum atomic E-state index is 12.7. The first-order valence-corrected chi connectivity index (χ1v) is 8.35. The van der Waals surface area contributed by atoms with E-state index >= 15 is 0 Å². The molecule has 2 N–H and O–H groups in total. The third-order valence-electron chi connectivity index (χ3n) is 4.27. The second-order valence-corrected chi connectivity index (χ2v) is 7.55. The van der Waals surface area contributed by atoms with Crippen LogP contribution in [0.4, 0.5) is 0 Å². The number of piperidine rings is 1. The summed E-state index contributed by atoms with van der Waals surface area (Å²) in [5, 5.41) is 0. The molecule has 0 aromatic heterocycles. The monoisotopic (exact) mass is 275 g/mol. The van der Waals surface area contributed by atoms with E-state index in [1.807, 2.05) is 13.8 Å². The molecule has 5 nitrogen and oxygen atoms in total. The first kappa shape index (κ1) is 14.2. The highest BCUT2D eigenvalue weighted by Gasteiger charge is 2.41. The van der Waals surface area contributed by atoms with Crippen molar-refractivity contribution >= 4 is 10.2 Å². The zero-order chi connectivity index (χ0) is 13.3. The van der Waals surface area contributed by atoms with E-state index in [1.165, 1.54) is 0 Å². The van der Waals surface area contributed by atoms with Crippen molar-refractivity contribution in [2.45, 2.75) is 51.6 Å². The highest BCUT2D eigenvalue weighted by atomic mass is 32.2. The number of rotatable bonds is 3. The van der Waals surface area contributed by atoms with Crippen molar-refractivity contribution in [3.63, 3.8) is 0 Å². The largest absolute Gasteiger partial charge is 0.330 e. The fourth-order valence-corrected chi connectivity index (χ4v) is 5.28. The lowest BCUT2D eigenvalue weighted by molar-refractivity contribution is 0.242. The highest BCUT2D eigenvalue weighted by Crippen LogP contribution is 2.30. The zero-order valence-corrected chi connectivity index (χ0v) is 12.2. The summed E-state index contributed by atoms with van der Waals surface area (Å²) in [7, 11) is -3.29. The smallest absolute Gasteiger partial charge is 0.282 e. The van der Waals surface area contributed by atoms with Gasteiger partial charge in [0.25, 0.3) is 10.2 Å². The van der Waals surface area contributed by atoms with Crippen LogP contribution in [0.5, 0.6) is 0 Å². The van der Waals surface area contributed by atoms with Gasteiger partial charge < -0.3 is 5.73 Å². The minimum Gasteiger partial charge on any atom is -0.330 e. The minimum absolute atomic E-state index is 0.0812. The molecular weight excluding hydrogens is 250 g/mol. The van der Waals surface area contributed by atoms with Gasteiger partial charge in [-0.1, -0.05) is 6.42 Å². The zero-order valence-electron chi connectivity index (χ0n) is 11.4. The number of nitrogens with zero attached hydrogens (tertiary/aromatic N) is 2. The summed E-state index contributed by atoms with van der Waals surface area (Å²) < 4.78 is 28.7. The van der Waals surface area contributed by atoms with Gasteiger partial charge in [-0.05, 0) is 45.6 Å². The van der Waals surface area contributed by atoms with Crippen molar-refractivity contribution in [3.8, 4) is 0 Å². The fourth-order valence-electron chi connectivity index (χ4n) is 3.15. The van der Waals surface area contributed by atoms with Crippen molar-refractivity contribution in [3.05, 3.63) is 0 Å². The molecule has 3 unspecified atom stereocenters. The quantitative estimate of drug-likeness (QED) is 0.827. The molecule has 2 heterocycles. The molecule has 2 fully saturated rings. The molecule has 0 radical (unpaired) electrons. The standard InChI is InChI=1S/C12H25N3O2S/c1-10-5-3-4-6-14(10)18(16,17)15-9-12(8-13)7-11(15)2/h10-12H,3-9,13H2,1-2H3. The van der Waals surface area contributed by atoms with Crippen LogP contribution in [-0.2, 0) is 10.2 Å². The van der Waals surface area contributed by atoms with Crippen molar-refractivity contribution in [1.29, 1.82) is 0 Å². The van der Waals surface area contributed by atoms with Crippen molar-refractivity contribution in [2.75, 3.05) is 19.6 Å². The molecule has 0 spiro atoms. The Balaban J connectivity index is 2.15. The summed E-state index contributed by atoms with van der Waals surface area (Å²) in [5.41, 5.74) is 5.67. The molecule has 0 aromatic rings. The highest BCUT2D eigenvalue weighted by molar-refractivity contribution is 7.86. The summed E-state index contributed by atoms with van der Waals surface area (Å²) >= 11 is 0. The molecule has 0 bridgehead atoms. The van der Waals surface area contributed by atoms with Crippen LogP contribution in [0.15, 0.2) is 0 Å². The van der Waals surface area contributed by atoms with E-state index < -0.39 is 10.2 Å². The molecule has 106 valence electrons. The Hall–Kier alpha value is -0.170. The first-order chi connectivity index (χ1) is 8.46. The summed E-state index contributed by atoms with van der Waals surface area (Å²) in [5.74, 6) is 0.315. The lowest BCUT2D eigenvalue weighted by Crippen LogP contribution is -2.50. The van der Waals surface area contributed by atoms with Gasteiger partial charge in [-0.3, -0.25) is 0 Å². The Morgan fingerprint density at radius 2 is 1.89 bits per heavy atom. The van der Waals surface area contributed by atoms with Gasteiger partial charge in [0.15, 0.2) is 0 Å². The Kier molecular flexibility index (Phi) is 4.31. The normalized spacial score (nSPS) is 36.1. The summed E-state index contributed by atoms with van der Waals surface area (Å²) in [6.45, 7) is 5.83. The van der Waals surface area contributed by atoms with Crippen LogP contribution in [0.25, 0.3) is 0 Å². The molecule has 0 amide bonds. The average Bonchev–Trinajstić information content (AvgIpc) is 2.71. The lowest BCUT2D eigenvalue weighted by Gasteiger charge is -2.36. The van der Waals surface area contributed by atoms with Gasteiger partial charge in [-0.25, -0.2) is 0 Å². The van der Waals surface area contributed by atoms with E-state index in [1.54, 1.807) is 8.61 Å². The van der Waals surface area contributed by atoms with Crippen LogP contribution in [-0.4, -0.2) is 48.7 Å². The predicted molar refractivity (Wildman–Crippen MR) is 72.3 cm³/mol. The molecule has 18 heavy (non-hydrogen) atoms. The summed E-state index contributed by atoms with van der Waals surface area (Å²) in [6.07, 6.45) is 3.97. The van der Waals surface area contributed by atoms with Crippen LogP contribution in [0.2, 0.25) is 0 Å². The topological polar surface area (TPSA) is 66.6 Å². The van der Waals surface area contributed by atoms with Gasteiger partial charge in [-0.2, -0.15) is 17.0 Å². The number of hydrogen-bond acceptors (Lipinski definition) is 3. The summed E-state index contributed by atoms with van der Waals surface area (Å²) in [4.78, 5) is 0. The van der Waals surface area contributed by atoms with E-state index in [0.29, 0.717) is 25.6 Å². The van der Waals surface area contributed by atoms with Crippen LogP contribution >= 0.6 is 0 Å². The van der Waals surface area contributed by atoms with Crippen molar-refractivity contribution in [1.82, 2.24) is 8.61 Å². The van der Waals surface area contributed by atoms with Crippen molar-refractivity contribution in [2.24, 2.45) is 11.7 Å². The molecule has 0 aliphatic carbocycles. The molecular formula is C12H25N3O2S. The Bertz CT molecular complexity index is 385.